The average Bonchev–Trinajstić information content (AvgIpc) is 2.64. The third-order valence-corrected chi connectivity index (χ3v) is 4.72. The Balaban J connectivity index is 3.11. The summed E-state index contributed by atoms with van der Waals surface area (Å²) < 4.78 is 10.3. The van der Waals surface area contributed by atoms with Crippen LogP contribution in [-0.2, 0) is 9.47 Å². The van der Waals surface area contributed by atoms with E-state index in [0.29, 0.717) is 13.2 Å². The van der Waals surface area contributed by atoms with Crippen LogP contribution in [0.2, 0.25) is 0 Å². The molecule has 0 saturated heterocycles. The molecule has 0 heterocycles. The Labute approximate surface area is 163 Å². The van der Waals surface area contributed by atoms with Crippen molar-refractivity contribution in [3.8, 4) is 0 Å². The quantitative estimate of drug-likeness (QED) is 0.187. The van der Waals surface area contributed by atoms with Gasteiger partial charge in [0, 0.05) is 13.7 Å². The fourth-order valence-corrected chi connectivity index (χ4v) is 3.09. The average molecular weight is 371 g/mol. The summed E-state index contributed by atoms with van der Waals surface area (Å²) in [7, 11) is 1.59. The minimum Gasteiger partial charge on any atom is -0.388 e. The Hall–Kier alpha value is -0.380. The lowest BCUT2D eigenvalue weighted by Gasteiger charge is -2.09. The zero-order valence-electron chi connectivity index (χ0n) is 17.7. The highest BCUT2D eigenvalue weighted by atomic mass is 16.5. The molecule has 0 saturated carbocycles. The lowest BCUT2D eigenvalue weighted by molar-refractivity contribution is -0.00681. The van der Waals surface area contributed by atoms with Crippen molar-refractivity contribution in [1.82, 2.24) is 0 Å². The zero-order valence-corrected chi connectivity index (χ0v) is 17.7. The number of aliphatic hydroxyl groups excluding tert-OH is 1. The van der Waals surface area contributed by atoms with Crippen LogP contribution in [0.3, 0.4) is 0 Å². The van der Waals surface area contributed by atoms with Gasteiger partial charge >= 0.3 is 0 Å². The van der Waals surface area contributed by atoms with E-state index in [1.54, 1.807) is 7.11 Å². The molecule has 26 heavy (non-hydrogen) atoms. The monoisotopic (exact) mass is 370 g/mol. The molecule has 0 aliphatic rings. The molecule has 1 atom stereocenters. The van der Waals surface area contributed by atoms with Crippen LogP contribution in [0.4, 0.5) is 0 Å². The predicted molar refractivity (Wildman–Crippen MR) is 113 cm³/mol. The first kappa shape index (κ1) is 25.6. The van der Waals surface area contributed by atoms with Crippen LogP contribution in [0.5, 0.6) is 0 Å². The van der Waals surface area contributed by atoms with Crippen molar-refractivity contribution < 1.29 is 14.6 Å². The van der Waals surface area contributed by atoms with Gasteiger partial charge in [0.15, 0.2) is 0 Å². The normalized spacial score (nSPS) is 12.9. The highest BCUT2D eigenvalue weighted by molar-refractivity contribution is 4.81. The molecule has 0 aromatic heterocycles. The van der Waals surface area contributed by atoms with Gasteiger partial charge in [0.05, 0.1) is 13.2 Å². The summed E-state index contributed by atoms with van der Waals surface area (Å²) in [5, 5.41) is 9.43. The Bertz CT molecular complexity index is 279. The van der Waals surface area contributed by atoms with Gasteiger partial charge in [-0.1, -0.05) is 83.3 Å². The Morgan fingerprint density at radius 3 is 1.73 bits per heavy atom. The standard InChI is InChI=1S/C23H46O3/c1-3-4-5-6-7-8-9-10-11-12-13-14-15-16-17-18-19-20-26-22-23(24)21-25-2/h14-15,23-24H,3-13,16-22H2,1-2H3/b15-14-/t23-/m0/s1. The van der Waals surface area contributed by atoms with E-state index in [1.807, 2.05) is 0 Å². The summed E-state index contributed by atoms with van der Waals surface area (Å²) >= 11 is 0. The van der Waals surface area contributed by atoms with Gasteiger partial charge in [-0.25, -0.2) is 0 Å². The van der Waals surface area contributed by atoms with Crippen molar-refractivity contribution in [3.63, 3.8) is 0 Å². The number of methoxy groups -OCH3 is 1. The molecule has 0 aliphatic heterocycles. The lowest BCUT2D eigenvalue weighted by atomic mass is 10.1. The van der Waals surface area contributed by atoms with Crippen molar-refractivity contribution in [2.75, 3.05) is 26.9 Å². The highest BCUT2D eigenvalue weighted by Gasteiger charge is 2.02. The van der Waals surface area contributed by atoms with Gasteiger partial charge in [-0.15, -0.1) is 0 Å². The van der Waals surface area contributed by atoms with Crippen molar-refractivity contribution in [2.45, 2.75) is 109 Å². The fourth-order valence-electron chi connectivity index (χ4n) is 3.09. The smallest absolute Gasteiger partial charge is 0.101 e. The fraction of sp³-hybridized carbons (Fsp3) is 0.913. The van der Waals surface area contributed by atoms with Gasteiger partial charge < -0.3 is 14.6 Å². The molecule has 156 valence electrons. The van der Waals surface area contributed by atoms with E-state index in [4.69, 9.17) is 9.47 Å². The first-order valence-electron chi connectivity index (χ1n) is 11.2. The predicted octanol–water partition coefficient (Wildman–Crippen LogP) is 6.44. The minimum atomic E-state index is -0.492. The molecule has 0 radical (unpaired) electrons. The van der Waals surface area contributed by atoms with Crippen LogP contribution >= 0.6 is 0 Å². The first-order chi connectivity index (χ1) is 12.8. The number of allylic oxidation sites excluding steroid dienone is 2. The van der Waals surface area contributed by atoms with Crippen LogP contribution in [0.1, 0.15) is 103 Å². The summed E-state index contributed by atoms with van der Waals surface area (Å²) in [5.74, 6) is 0. The number of ether oxygens (including phenoxy) is 2. The Morgan fingerprint density at radius 2 is 1.19 bits per heavy atom. The summed E-state index contributed by atoms with van der Waals surface area (Å²) in [5.41, 5.74) is 0. The molecule has 0 aromatic carbocycles. The molecular formula is C23H46O3. The summed E-state index contributed by atoms with van der Waals surface area (Å²) in [6.07, 6.45) is 24.3. The highest BCUT2D eigenvalue weighted by Crippen LogP contribution is 2.11. The molecule has 0 bridgehead atoms. The van der Waals surface area contributed by atoms with Gasteiger partial charge in [-0.2, -0.15) is 0 Å². The second-order valence-corrected chi connectivity index (χ2v) is 7.48. The molecule has 0 rings (SSSR count). The van der Waals surface area contributed by atoms with Crippen LogP contribution in [-0.4, -0.2) is 38.1 Å². The van der Waals surface area contributed by atoms with Crippen molar-refractivity contribution in [1.29, 1.82) is 0 Å². The van der Waals surface area contributed by atoms with Crippen LogP contribution in [0, 0.1) is 0 Å². The maximum Gasteiger partial charge on any atom is 0.101 e. The number of hydrogen-bond acceptors (Lipinski definition) is 3. The van der Waals surface area contributed by atoms with Crippen LogP contribution in [0.15, 0.2) is 12.2 Å². The third-order valence-electron chi connectivity index (χ3n) is 4.72. The second kappa shape index (κ2) is 22.7. The Morgan fingerprint density at radius 1 is 0.692 bits per heavy atom. The van der Waals surface area contributed by atoms with Gasteiger partial charge in [0.2, 0.25) is 0 Å². The first-order valence-corrected chi connectivity index (χ1v) is 11.2. The molecule has 3 nitrogen and oxygen atoms in total. The topological polar surface area (TPSA) is 38.7 Å². The van der Waals surface area contributed by atoms with Crippen molar-refractivity contribution >= 4 is 0 Å². The SMILES string of the molecule is CCCCCCCCCCCC/C=C\CCCCCOC[C@@H](O)COC. The molecule has 0 aliphatic carbocycles. The van der Waals surface area contributed by atoms with E-state index in [9.17, 15) is 5.11 Å². The maximum atomic E-state index is 9.43. The molecule has 0 unspecified atom stereocenters. The number of rotatable bonds is 21. The van der Waals surface area contributed by atoms with Gasteiger partial charge in [-0.05, 0) is 32.1 Å². The maximum absolute atomic E-state index is 9.43. The number of unbranched alkanes of at least 4 members (excludes halogenated alkanes) is 13. The van der Waals surface area contributed by atoms with Crippen LogP contribution < -0.4 is 0 Å². The zero-order chi connectivity index (χ0) is 19.1. The van der Waals surface area contributed by atoms with E-state index < -0.39 is 6.10 Å². The molecule has 3 heteroatoms. The molecule has 0 amide bonds. The van der Waals surface area contributed by atoms with E-state index in [0.717, 1.165) is 13.0 Å². The largest absolute Gasteiger partial charge is 0.388 e. The molecular weight excluding hydrogens is 324 g/mol. The molecule has 0 spiro atoms. The molecule has 0 aromatic rings. The van der Waals surface area contributed by atoms with Crippen LogP contribution in [0.25, 0.3) is 0 Å². The van der Waals surface area contributed by atoms with Gasteiger partial charge in [0.25, 0.3) is 0 Å². The van der Waals surface area contributed by atoms with Crippen molar-refractivity contribution in [2.24, 2.45) is 0 Å². The number of aliphatic hydroxyl groups is 1. The molecule has 1 N–H and O–H groups in total. The van der Waals surface area contributed by atoms with E-state index in [2.05, 4.69) is 19.1 Å². The van der Waals surface area contributed by atoms with E-state index >= 15 is 0 Å². The van der Waals surface area contributed by atoms with Gasteiger partial charge in [0.1, 0.15) is 6.10 Å². The van der Waals surface area contributed by atoms with E-state index in [-0.39, 0.29) is 0 Å². The molecule has 0 fully saturated rings. The summed E-state index contributed by atoms with van der Waals surface area (Å²) in [6.45, 7) is 3.75. The van der Waals surface area contributed by atoms with Crippen molar-refractivity contribution in [3.05, 3.63) is 12.2 Å². The Kier molecular flexibility index (Phi) is 22.3. The summed E-state index contributed by atoms with van der Waals surface area (Å²) in [6, 6.07) is 0. The third kappa shape index (κ3) is 21.7. The number of hydrogen-bond donors (Lipinski definition) is 1. The lowest BCUT2D eigenvalue weighted by Crippen LogP contribution is -2.21. The second-order valence-electron chi connectivity index (χ2n) is 7.48. The summed E-state index contributed by atoms with van der Waals surface area (Å²) in [4.78, 5) is 0. The minimum absolute atomic E-state index is 0.351. The van der Waals surface area contributed by atoms with Gasteiger partial charge in [-0.3, -0.25) is 0 Å². The van der Waals surface area contributed by atoms with E-state index in [1.165, 1.54) is 89.9 Å².